The van der Waals surface area contributed by atoms with E-state index in [1.807, 2.05) is 10.6 Å². The fourth-order valence-corrected chi connectivity index (χ4v) is 4.02. The topological polar surface area (TPSA) is 71.8 Å². The van der Waals surface area contributed by atoms with Crippen LogP contribution in [0.15, 0.2) is 53.7 Å². The summed E-state index contributed by atoms with van der Waals surface area (Å²) in [6, 6.07) is 16.4. The largest absolute Gasteiger partial charge is 0.338 e. The Bertz CT molecular complexity index is 968. The lowest BCUT2D eigenvalue weighted by molar-refractivity contribution is 0.240. The van der Waals surface area contributed by atoms with Gasteiger partial charge in [0.2, 0.25) is 0 Å². The van der Waals surface area contributed by atoms with Gasteiger partial charge in [-0.05, 0) is 43.5 Å². The predicted molar refractivity (Wildman–Crippen MR) is 122 cm³/mol. The summed E-state index contributed by atoms with van der Waals surface area (Å²) in [5, 5.41) is 15.4. The highest BCUT2D eigenvalue weighted by molar-refractivity contribution is 7.98. The molecule has 2 amide bonds. The van der Waals surface area contributed by atoms with Crippen molar-refractivity contribution in [2.75, 3.05) is 6.54 Å². The number of carbonyl (C=O) groups is 1. The molecule has 0 bridgehead atoms. The molecule has 0 aliphatic carbocycles. The van der Waals surface area contributed by atoms with Gasteiger partial charge in [-0.15, -0.1) is 10.2 Å². The number of nitrogens with zero attached hydrogens (tertiary/aromatic N) is 3. The number of benzene rings is 2. The highest BCUT2D eigenvalue weighted by Gasteiger charge is 2.16. The molecule has 1 aromatic heterocycles. The van der Waals surface area contributed by atoms with E-state index in [0.717, 1.165) is 29.4 Å². The van der Waals surface area contributed by atoms with Crippen LogP contribution in [-0.2, 0) is 12.3 Å². The van der Waals surface area contributed by atoms with Crippen molar-refractivity contribution in [2.24, 2.45) is 0 Å². The lowest BCUT2D eigenvalue weighted by Gasteiger charge is -2.12. The van der Waals surface area contributed by atoms with E-state index < -0.39 is 0 Å². The fourth-order valence-electron chi connectivity index (χ4n) is 2.98. The number of carbonyl (C=O) groups excluding carboxylic acids is 1. The van der Waals surface area contributed by atoms with Gasteiger partial charge in [-0.25, -0.2) is 4.79 Å². The molecule has 0 unspecified atom stereocenters. The monoisotopic (exact) mass is 423 g/mol. The van der Waals surface area contributed by atoms with Gasteiger partial charge in [0, 0.05) is 18.0 Å². The van der Waals surface area contributed by atoms with Crippen molar-refractivity contribution in [1.29, 1.82) is 0 Å². The molecule has 6 nitrogen and oxygen atoms in total. The van der Waals surface area contributed by atoms with Gasteiger partial charge in [0.15, 0.2) is 11.0 Å². The molecular formula is C23H29N5OS. The molecule has 158 valence electrons. The van der Waals surface area contributed by atoms with E-state index in [1.54, 1.807) is 11.8 Å². The summed E-state index contributed by atoms with van der Waals surface area (Å²) in [5.74, 6) is 1.51. The van der Waals surface area contributed by atoms with Crippen LogP contribution in [-0.4, -0.2) is 27.3 Å². The van der Waals surface area contributed by atoms with Gasteiger partial charge in [0.05, 0.1) is 6.54 Å². The van der Waals surface area contributed by atoms with Crippen LogP contribution in [0.5, 0.6) is 0 Å². The maximum absolute atomic E-state index is 12.1. The van der Waals surface area contributed by atoms with Gasteiger partial charge in [-0.1, -0.05) is 67.1 Å². The number of aromatic nitrogens is 3. The minimum atomic E-state index is -0.184. The number of thioether (sulfide) groups is 1. The van der Waals surface area contributed by atoms with Crippen LogP contribution in [0.4, 0.5) is 4.79 Å². The molecule has 0 spiro atoms. The molecule has 30 heavy (non-hydrogen) atoms. The number of rotatable bonds is 9. The molecule has 0 aliphatic rings. The summed E-state index contributed by atoms with van der Waals surface area (Å²) >= 11 is 1.65. The maximum atomic E-state index is 12.1. The average Bonchev–Trinajstić information content (AvgIpc) is 3.15. The van der Waals surface area contributed by atoms with E-state index in [2.05, 4.69) is 84.1 Å². The Morgan fingerprint density at radius 1 is 1.03 bits per heavy atom. The fraction of sp³-hybridized carbons (Fsp3) is 0.348. The number of unbranched alkanes of at least 4 members (excludes halogenated alkanes) is 1. The third kappa shape index (κ3) is 5.86. The molecule has 1 heterocycles. The zero-order valence-electron chi connectivity index (χ0n) is 17.8. The highest BCUT2D eigenvalue weighted by Crippen LogP contribution is 2.26. The molecule has 3 aromatic rings. The van der Waals surface area contributed by atoms with Crippen LogP contribution in [0, 0.1) is 13.8 Å². The summed E-state index contributed by atoms with van der Waals surface area (Å²) in [7, 11) is 0. The summed E-state index contributed by atoms with van der Waals surface area (Å²) in [4.78, 5) is 12.1. The molecule has 0 radical (unpaired) electrons. The summed E-state index contributed by atoms with van der Waals surface area (Å²) in [6.07, 6.45) is 2.01. The number of amides is 2. The first-order valence-electron chi connectivity index (χ1n) is 10.3. The SMILES string of the molecule is CCCCNC(=O)NCc1nnc(SCc2ccccc2C)n1-c1ccc(C)cc1. The number of urea groups is 1. The number of hydrogen-bond acceptors (Lipinski definition) is 4. The Balaban J connectivity index is 1.78. The van der Waals surface area contributed by atoms with Gasteiger partial charge in [0.25, 0.3) is 0 Å². The summed E-state index contributed by atoms with van der Waals surface area (Å²) in [6.45, 7) is 7.26. The molecule has 2 N–H and O–H groups in total. The van der Waals surface area contributed by atoms with E-state index in [1.165, 1.54) is 16.7 Å². The first-order chi connectivity index (χ1) is 14.6. The van der Waals surface area contributed by atoms with E-state index in [4.69, 9.17) is 0 Å². The second-order valence-electron chi connectivity index (χ2n) is 7.25. The van der Waals surface area contributed by atoms with Crippen LogP contribution in [0.2, 0.25) is 0 Å². The third-order valence-electron chi connectivity index (χ3n) is 4.83. The zero-order chi connectivity index (χ0) is 21.3. The van der Waals surface area contributed by atoms with Gasteiger partial charge in [-0.3, -0.25) is 4.57 Å². The maximum Gasteiger partial charge on any atom is 0.315 e. The van der Waals surface area contributed by atoms with Crippen LogP contribution < -0.4 is 10.6 Å². The Kier molecular flexibility index (Phi) is 7.90. The number of hydrogen-bond donors (Lipinski definition) is 2. The third-order valence-corrected chi connectivity index (χ3v) is 5.81. The van der Waals surface area contributed by atoms with Crippen LogP contribution in [0.1, 0.15) is 42.3 Å². The van der Waals surface area contributed by atoms with E-state index in [0.29, 0.717) is 18.9 Å². The summed E-state index contributed by atoms with van der Waals surface area (Å²) in [5.41, 5.74) is 4.71. The van der Waals surface area contributed by atoms with Crippen molar-refractivity contribution in [1.82, 2.24) is 25.4 Å². The Morgan fingerprint density at radius 2 is 1.80 bits per heavy atom. The number of aryl methyl sites for hydroxylation is 2. The first-order valence-corrected chi connectivity index (χ1v) is 11.3. The van der Waals surface area contributed by atoms with Gasteiger partial charge in [0.1, 0.15) is 0 Å². The summed E-state index contributed by atoms with van der Waals surface area (Å²) < 4.78 is 2.02. The van der Waals surface area contributed by atoms with Crippen molar-refractivity contribution < 1.29 is 4.79 Å². The van der Waals surface area contributed by atoms with Gasteiger partial charge in [-0.2, -0.15) is 0 Å². The minimum absolute atomic E-state index is 0.184. The standard InChI is InChI=1S/C23H29N5OS/c1-4-5-14-24-22(29)25-15-21-26-27-23(28(21)20-12-10-17(2)11-13-20)30-16-19-9-7-6-8-18(19)3/h6-13H,4-5,14-16H2,1-3H3,(H2,24,25,29). The lowest BCUT2D eigenvalue weighted by Crippen LogP contribution is -2.36. The van der Waals surface area contributed by atoms with Crippen LogP contribution in [0.25, 0.3) is 5.69 Å². The predicted octanol–water partition coefficient (Wildman–Crippen LogP) is 4.78. The van der Waals surface area contributed by atoms with Crippen molar-refractivity contribution in [3.05, 3.63) is 71.0 Å². The smallest absolute Gasteiger partial charge is 0.315 e. The average molecular weight is 424 g/mol. The second kappa shape index (κ2) is 10.8. The van der Waals surface area contributed by atoms with Crippen LogP contribution >= 0.6 is 11.8 Å². The Morgan fingerprint density at radius 3 is 2.53 bits per heavy atom. The molecular weight excluding hydrogens is 394 g/mol. The number of nitrogens with one attached hydrogen (secondary N) is 2. The Labute approximate surface area is 182 Å². The molecule has 0 saturated heterocycles. The van der Waals surface area contributed by atoms with Crippen molar-refractivity contribution >= 4 is 17.8 Å². The van der Waals surface area contributed by atoms with E-state index in [9.17, 15) is 4.79 Å². The molecule has 0 saturated carbocycles. The quantitative estimate of drug-likeness (QED) is 0.384. The first kappa shape index (κ1) is 21.9. The molecule has 2 aromatic carbocycles. The van der Waals surface area contributed by atoms with Crippen molar-refractivity contribution in [3.63, 3.8) is 0 Å². The molecule has 7 heteroatoms. The minimum Gasteiger partial charge on any atom is -0.338 e. The van der Waals surface area contributed by atoms with Crippen molar-refractivity contribution in [3.8, 4) is 5.69 Å². The van der Waals surface area contributed by atoms with E-state index in [-0.39, 0.29) is 6.03 Å². The lowest BCUT2D eigenvalue weighted by atomic mass is 10.1. The van der Waals surface area contributed by atoms with E-state index >= 15 is 0 Å². The molecule has 0 atom stereocenters. The van der Waals surface area contributed by atoms with Gasteiger partial charge >= 0.3 is 6.03 Å². The normalized spacial score (nSPS) is 10.8. The van der Waals surface area contributed by atoms with Crippen LogP contribution in [0.3, 0.4) is 0 Å². The zero-order valence-corrected chi connectivity index (χ0v) is 18.6. The second-order valence-corrected chi connectivity index (χ2v) is 8.19. The highest BCUT2D eigenvalue weighted by atomic mass is 32.2. The van der Waals surface area contributed by atoms with Gasteiger partial charge < -0.3 is 10.6 Å². The van der Waals surface area contributed by atoms with Crippen molar-refractivity contribution in [2.45, 2.75) is 51.1 Å². The molecule has 3 rings (SSSR count). The molecule has 0 aliphatic heterocycles. The Hall–Kier alpha value is -2.80. The molecule has 0 fully saturated rings.